The maximum Gasteiger partial charge on any atom is 0.300 e. The van der Waals surface area contributed by atoms with E-state index in [1.165, 1.54) is 21.9 Å². The SMILES string of the molecule is COc1ccc2c(c1)N(CN1CCN(S(=O)(=O)c3ccc4c(c3)CCCC4)CC1)C(=O)C2=O. The van der Waals surface area contributed by atoms with E-state index < -0.39 is 21.7 Å². The number of hydrogen-bond donors (Lipinski definition) is 0. The summed E-state index contributed by atoms with van der Waals surface area (Å²) in [6.45, 7) is 1.85. The first kappa shape index (κ1) is 22.1. The fourth-order valence-corrected chi connectivity index (χ4v) is 6.35. The Balaban J connectivity index is 1.27. The Labute approximate surface area is 193 Å². The number of nitrogens with zero attached hydrogens (tertiary/aromatic N) is 3. The third kappa shape index (κ3) is 3.94. The van der Waals surface area contributed by atoms with E-state index in [0.717, 1.165) is 31.2 Å². The first-order valence-corrected chi connectivity index (χ1v) is 12.7. The molecule has 3 aliphatic rings. The van der Waals surface area contributed by atoms with Gasteiger partial charge in [-0.05, 0) is 61.1 Å². The van der Waals surface area contributed by atoms with Gasteiger partial charge in [0.15, 0.2) is 0 Å². The number of carbonyl (C=O) groups excluding carboxylic acids is 2. The molecule has 2 heterocycles. The van der Waals surface area contributed by atoms with Crippen LogP contribution in [0.2, 0.25) is 0 Å². The minimum absolute atomic E-state index is 0.234. The van der Waals surface area contributed by atoms with Crippen LogP contribution in [-0.4, -0.2) is 69.3 Å². The monoisotopic (exact) mass is 469 g/mol. The number of aryl methyl sites for hydroxylation is 2. The largest absolute Gasteiger partial charge is 0.497 e. The number of amides is 1. The molecule has 174 valence electrons. The summed E-state index contributed by atoms with van der Waals surface area (Å²) in [7, 11) is -2.03. The number of Topliss-reactive ketones (excluding diaryl/α,β-unsaturated/α-hetero) is 1. The summed E-state index contributed by atoms with van der Waals surface area (Å²) >= 11 is 0. The number of carbonyl (C=O) groups is 2. The van der Waals surface area contributed by atoms with Crippen molar-refractivity contribution in [1.82, 2.24) is 9.21 Å². The molecule has 0 N–H and O–H groups in total. The molecular weight excluding hydrogens is 442 g/mol. The smallest absolute Gasteiger partial charge is 0.300 e. The minimum atomic E-state index is -3.57. The van der Waals surface area contributed by atoms with Crippen LogP contribution in [0.25, 0.3) is 0 Å². The number of benzene rings is 2. The fourth-order valence-electron chi connectivity index (χ4n) is 4.87. The quantitative estimate of drug-likeness (QED) is 0.623. The summed E-state index contributed by atoms with van der Waals surface area (Å²) in [6.07, 6.45) is 4.20. The highest BCUT2D eigenvalue weighted by molar-refractivity contribution is 7.89. The van der Waals surface area contributed by atoms with Gasteiger partial charge in [-0.15, -0.1) is 0 Å². The van der Waals surface area contributed by atoms with Gasteiger partial charge >= 0.3 is 5.91 Å². The number of methoxy groups -OCH3 is 1. The zero-order chi connectivity index (χ0) is 23.2. The topological polar surface area (TPSA) is 87.2 Å². The second-order valence-corrected chi connectivity index (χ2v) is 10.7. The summed E-state index contributed by atoms with van der Waals surface area (Å²) in [5.74, 6) is -0.522. The van der Waals surface area contributed by atoms with E-state index in [4.69, 9.17) is 4.74 Å². The Morgan fingerprint density at radius 2 is 1.64 bits per heavy atom. The van der Waals surface area contributed by atoms with Crippen LogP contribution >= 0.6 is 0 Å². The molecule has 33 heavy (non-hydrogen) atoms. The lowest BCUT2D eigenvalue weighted by Crippen LogP contribution is -2.52. The maximum atomic E-state index is 13.2. The van der Waals surface area contributed by atoms with Crippen molar-refractivity contribution < 1.29 is 22.7 Å². The third-order valence-corrected chi connectivity index (χ3v) is 8.70. The van der Waals surface area contributed by atoms with Crippen LogP contribution in [0.1, 0.15) is 34.3 Å². The van der Waals surface area contributed by atoms with E-state index in [9.17, 15) is 18.0 Å². The molecule has 1 saturated heterocycles. The fraction of sp³-hybridized carbons (Fsp3) is 0.417. The standard InChI is InChI=1S/C24H27N3O5S/c1-32-19-7-9-21-22(15-19)27(24(29)23(21)28)16-25-10-12-26(13-11-25)33(30,31)20-8-6-17-4-2-3-5-18(17)14-20/h6-9,14-15H,2-5,10-13,16H2,1H3. The van der Waals surface area contributed by atoms with Gasteiger partial charge in [0, 0.05) is 32.2 Å². The Bertz CT molecular complexity index is 1220. The highest BCUT2D eigenvalue weighted by Crippen LogP contribution is 2.33. The van der Waals surface area contributed by atoms with Crippen molar-refractivity contribution in [2.45, 2.75) is 30.6 Å². The van der Waals surface area contributed by atoms with Crippen LogP contribution in [0, 0.1) is 0 Å². The Hall–Kier alpha value is -2.75. The van der Waals surface area contributed by atoms with Gasteiger partial charge in [-0.1, -0.05) is 6.07 Å². The molecule has 2 aromatic carbocycles. The van der Waals surface area contributed by atoms with E-state index in [0.29, 0.717) is 48.1 Å². The van der Waals surface area contributed by atoms with E-state index in [1.54, 1.807) is 24.3 Å². The molecule has 1 fully saturated rings. The molecule has 0 aromatic heterocycles. The van der Waals surface area contributed by atoms with E-state index in [-0.39, 0.29) is 6.67 Å². The van der Waals surface area contributed by atoms with Crippen LogP contribution in [0.4, 0.5) is 5.69 Å². The molecule has 0 atom stereocenters. The number of fused-ring (bicyclic) bond motifs is 2. The molecule has 2 aromatic rings. The number of rotatable bonds is 5. The van der Waals surface area contributed by atoms with Crippen LogP contribution in [0.15, 0.2) is 41.3 Å². The van der Waals surface area contributed by atoms with Crippen LogP contribution in [-0.2, 0) is 27.7 Å². The summed E-state index contributed by atoms with van der Waals surface area (Å²) < 4.78 is 33.2. The number of ketones is 1. The van der Waals surface area contributed by atoms with Crippen molar-refractivity contribution >= 4 is 27.4 Å². The summed E-state index contributed by atoms with van der Waals surface area (Å²) in [5, 5.41) is 0. The molecule has 2 aliphatic heterocycles. The molecule has 0 radical (unpaired) electrons. The molecule has 0 spiro atoms. The molecule has 1 aliphatic carbocycles. The van der Waals surface area contributed by atoms with Crippen molar-refractivity contribution in [1.29, 1.82) is 0 Å². The molecular formula is C24H27N3O5S. The summed E-state index contributed by atoms with van der Waals surface area (Å²) in [4.78, 5) is 28.7. The second kappa shape index (κ2) is 8.55. The van der Waals surface area contributed by atoms with Gasteiger partial charge in [0.2, 0.25) is 10.0 Å². The van der Waals surface area contributed by atoms with Crippen molar-refractivity contribution in [3.63, 3.8) is 0 Å². The predicted molar refractivity (Wildman–Crippen MR) is 123 cm³/mol. The molecule has 1 amide bonds. The van der Waals surface area contributed by atoms with Crippen molar-refractivity contribution in [3.8, 4) is 5.75 Å². The number of piperazine rings is 1. The highest BCUT2D eigenvalue weighted by atomic mass is 32.2. The molecule has 5 rings (SSSR count). The molecule has 0 unspecified atom stereocenters. The van der Waals surface area contributed by atoms with Crippen LogP contribution in [0.5, 0.6) is 5.75 Å². The Kier molecular flexibility index (Phi) is 5.72. The second-order valence-electron chi connectivity index (χ2n) is 8.75. The molecule has 9 heteroatoms. The Morgan fingerprint density at radius 3 is 2.36 bits per heavy atom. The van der Waals surface area contributed by atoms with Gasteiger partial charge in [0.25, 0.3) is 5.78 Å². The van der Waals surface area contributed by atoms with E-state index in [1.807, 2.05) is 17.0 Å². The molecule has 0 bridgehead atoms. The van der Waals surface area contributed by atoms with E-state index >= 15 is 0 Å². The van der Waals surface area contributed by atoms with Crippen molar-refractivity contribution in [3.05, 3.63) is 53.1 Å². The van der Waals surface area contributed by atoms with Gasteiger partial charge in [0.1, 0.15) is 5.75 Å². The minimum Gasteiger partial charge on any atom is -0.497 e. The Morgan fingerprint density at radius 1 is 0.909 bits per heavy atom. The lowest BCUT2D eigenvalue weighted by atomic mass is 9.92. The molecule has 0 saturated carbocycles. The predicted octanol–water partition coefficient (Wildman–Crippen LogP) is 2.07. The number of hydrogen-bond acceptors (Lipinski definition) is 6. The van der Waals surface area contributed by atoms with Gasteiger partial charge in [-0.3, -0.25) is 19.4 Å². The van der Waals surface area contributed by atoms with Crippen LogP contribution < -0.4 is 9.64 Å². The normalized spacial score (nSPS) is 19.5. The number of ether oxygens (including phenoxy) is 1. The van der Waals surface area contributed by atoms with Crippen molar-refractivity contribution in [2.75, 3.05) is 44.9 Å². The lowest BCUT2D eigenvalue weighted by molar-refractivity contribution is -0.114. The lowest BCUT2D eigenvalue weighted by Gasteiger charge is -2.36. The van der Waals surface area contributed by atoms with Crippen molar-refractivity contribution in [2.24, 2.45) is 0 Å². The summed E-state index contributed by atoms with van der Waals surface area (Å²) in [5.41, 5.74) is 3.31. The number of anilines is 1. The zero-order valence-corrected chi connectivity index (χ0v) is 19.4. The van der Waals surface area contributed by atoms with Gasteiger partial charge < -0.3 is 4.74 Å². The van der Waals surface area contributed by atoms with Gasteiger partial charge in [-0.25, -0.2) is 8.42 Å². The average Bonchev–Trinajstić information content (AvgIpc) is 3.08. The van der Waals surface area contributed by atoms with Gasteiger partial charge in [0.05, 0.1) is 29.9 Å². The zero-order valence-electron chi connectivity index (χ0n) is 18.6. The number of sulfonamides is 1. The maximum absolute atomic E-state index is 13.2. The first-order chi connectivity index (χ1) is 15.9. The van der Waals surface area contributed by atoms with Crippen LogP contribution in [0.3, 0.4) is 0 Å². The van der Waals surface area contributed by atoms with E-state index in [2.05, 4.69) is 0 Å². The summed E-state index contributed by atoms with van der Waals surface area (Å²) in [6, 6.07) is 10.5. The van der Waals surface area contributed by atoms with Gasteiger partial charge in [-0.2, -0.15) is 4.31 Å². The highest BCUT2D eigenvalue weighted by Gasteiger charge is 2.38. The average molecular weight is 470 g/mol. The third-order valence-electron chi connectivity index (χ3n) is 6.81. The first-order valence-electron chi connectivity index (χ1n) is 11.3. The molecule has 8 nitrogen and oxygen atoms in total.